The summed E-state index contributed by atoms with van der Waals surface area (Å²) in [7, 11) is 4.03. The second-order valence-electron chi connectivity index (χ2n) is 7.14. The van der Waals surface area contributed by atoms with Crippen LogP contribution in [-0.4, -0.2) is 57.2 Å². The van der Waals surface area contributed by atoms with E-state index in [9.17, 15) is 0 Å². The van der Waals surface area contributed by atoms with Gasteiger partial charge in [0.1, 0.15) is 5.69 Å². The van der Waals surface area contributed by atoms with Gasteiger partial charge in [-0.15, -0.1) is 0 Å². The molecular weight excluding hydrogens is 394 g/mol. The Bertz CT molecular complexity index is 1080. The number of hydrogen-bond donors (Lipinski definition) is 4. The third-order valence-electron chi connectivity index (χ3n) is 4.38. The average molecular weight is 419 g/mol. The molecule has 3 heterocycles. The van der Waals surface area contributed by atoms with Crippen LogP contribution in [0.15, 0.2) is 59.2 Å². The molecule has 0 spiro atoms. The van der Waals surface area contributed by atoms with Crippen LogP contribution in [0.1, 0.15) is 5.56 Å². The maximum absolute atomic E-state index is 5.39. The summed E-state index contributed by atoms with van der Waals surface area (Å²) in [6, 6.07) is 15.6. The zero-order valence-corrected chi connectivity index (χ0v) is 17.5. The maximum atomic E-state index is 5.39. The minimum Gasteiger partial charge on any atom is -0.463 e. The van der Waals surface area contributed by atoms with E-state index in [1.165, 1.54) is 0 Å². The van der Waals surface area contributed by atoms with Crippen molar-refractivity contribution in [1.29, 1.82) is 0 Å². The second-order valence-corrected chi connectivity index (χ2v) is 7.14. The van der Waals surface area contributed by atoms with E-state index in [1.807, 2.05) is 62.6 Å². The number of furan rings is 1. The molecule has 10 nitrogen and oxygen atoms in total. The number of rotatable bonds is 10. The molecule has 0 atom stereocenters. The van der Waals surface area contributed by atoms with Crippen LogP contribution in [-0.2, 0) is 6.54 Å². The van der Waals surface area contributed by atoms with Crippen LogP contribution in [0.25, 0.3) is 11.5 Å². The third-order valence-corrected chi connectivity index (χ3v) is 4.38. The molecule has 4 aromatic rings. The molecule has 0 saturated heterocycles. The first-order valence-electron chi connectivity index (χ1n) is 9.94. The Morgan fingerprint density at radius 1 is 0.935 bits per heavy atom. The number of aromatic nitrogens is 5. The Hall–Kier alpha value is -3.92. The summed E-state index contributed by atoms with van der Waals surface area (Å²) in [5, 5.41) is 16.8. The van der Waals surface area contributed by atoms with E-state index in [2.05, 4.69) is 46.0 Å². The van der Waals surface area contributed by atoms with E-state index < -0.39 is 0 Å². The number of anilines is 4. The molecule has 0 unspecified atom stereocenters. The van der Waals surface area contributed by atoms with Gasteiger partial charge < -0.3 is 25.3 Å². The maximum Gasteiger partial charge on any atom is 0.235 e. The number of H-pyrrole nitrogens is 1. The van der Waals surface area contributed by atoms with Gasteiger partial charge in [-0.2, -0.15) is 20.1 Å². The molecule has 31 heavy (non-hydrogen) atoms. The van der Waals surface area contributed by atoms with Gasteiger partial charge in [-0.3, -0.25) is 5.10 Å². The van der Waals surface area contributed by atoms with Crippen molar-refractivity contribution in [3.8, 4) is 11.5 Å². The summed E-state index contributed by atoms with van der Waals surface area (Å²) in [5.41, 5.74) is 1.89. The highest BCUT2D eigenvalue weighted by molar-refractivity contribution is 5.60. The summed E-state index contributed by atoms with van der Waals surface area (Å²) < 4.78 is 5.39. The van der Waals surface area contributed by atoms with E-state index >= 15 is 0 Å². The molecule has 10 heteroatoms. The summed E-state index contributed by atoms with van der Waals surface area (Å²) >= 11 is 0. The van der Waals surface area contributed by atoms with Crippen molar-refractivity contribution in [1.82, 2.24) is 30.0 Å². The second kappa shape index (κ2) is 9.72. The quantitative estimate of drug-likeness (QED) is 0.307. The van der Waals surface area contributed by atoms with Gasteiger partial charge in [-0.25, -0.2) is 0 Å². The number of benzene rings is 1. The Morgan fingerprint density at radius 3 is 2.45 bits per heavy atom. The topological polar surface area (TPSA) is 120 Å². The summed E-state index contributed by atoms with van der Waals surface area (Å²) in [6.45, 7) is 2.17. The Labute approximate surface area is 180 Å². The van der Waals surface area contributed by atoms with Crippen molar-refractivity contribution in [2.24, 2.45) is 0 Å². The van der Waals surface area contributed by atoms with E-state index in [0.717, 1.165) is 17.8 Å². The molecule has 4 N–H and O–H groups in total. The molecule has 0 aliphatic rings. The van der Waals surface area contributed by atoms with E-state index in [-0.39, 0.29) is 0 Å². The minimum absolute atomic E-state index is 0.385. The normalized spacial score (nSPS) is 10.9. The zero-order valence-electron chi connectivity index (χ0n) is 17.5. The number of likely N-dealkylation sites (N-methyl/N-ethyl adjacent to an activating group) is 1. The highest BCUT2D eigenvalue weighted by Crippen LogP contribution is 2.22. The van der Waals surface area contributed by atoms with Crippen LogP contribution >= 0.6 is 0 Å². The molecule has 1 aromatic carbocycles. The van der Waals surface area contributed by atoms with Gasteiger partial charge in [0.25, 0.3) is 0 Å². The predicted molar refractivity (Wildman–Crippen MR) is 120 cm³/mol. The smallest absolute Gasteiger partial charge is 0.235 e. The standard InChI is InChI=1S/C21H25N9O/c1-30(2)11-10-22-19-25-20(23-14-15-7-4-3-5-8-15)27-21(26-19)24-18-13-16(28-29-18)17-9-6-12-31-17/h3-9,12-13H,10-11,14H2,1-2H3,(H4,22,23,24,25,26,27,28,29). The first-order valence-corrected chi connectivity index (χ1v) is 9.94. The van der Waals surface area contributed by atoms with Crippen molar-refractivity contribution in [2.75, 3.05) is 43.1 Å². The lowest BCUT2D eigenvalue weighted by Gasteiger charge is -2.12. The first kappa shape index (κ1) is 20.4. The van der Waals surface area contributed by atoms with Crippen molar-refractivity contribution in [2.45, 2.75) is 6.54 Å². The van der Waals surface area contributed by atoms with Gasteiger partial charge in [-0.1, -0.05) is 30.3 Å². The highest BCUT2D eigenvalue weighted by Gasteiger charge is 2.10. The summed E-state index contributed by atoms with van der Waals surface area (Å²) in [5.74, 6) is 2.61. The predicted octanol–water partition coefficient (Wildman–Crippen LogP) is 3.18. The molecule has 0 saturated carbocycles. The fraction of sp³-hybridized carbons (Fsp3) is 0.238. The zero-order chi connectivity index (χ0) is 21.5. The van der Waals surface area contributed by atoms with Gasteiger partial charge in [-0.05, 0) is 31.8 Å². The SMILES string of the molecule is CN(C)CCNc1nc(NCc2ccccc2)nc(Nc2cc(-c3ccco3)[nH]n2)n1. The number of aromatic amines is 1. The fourth-order valence-corrected chi connectivity index (χ4v) is 2.82. The van der Waals surface area contributed by atoms with Crippen LogP contribution in [0.2, 0.25) is 0 Å². The molecule has 4 rings (SSSR count). The molecule has 0 aliphatic carbocycles. The largest absolute Gasteiger partial charge is 0.463 e. The highest BCUT2D eigenvalue weighted by atomic mass is 16.3. The lowest BCUT2D eigenvalue weighted by molar-refractivity contribution is 0.425. The molecular formula is C21H25N9O. The Balaban J connectivity index is 1.50. The lowest BCUT2D eigenvalue weighted by Crippen LogP contribution is -2.22. The lowest BCUT2D eigenvalue weighted by atomic mass is 10.2. The van der Waals surface area contributed by atoms with E-state index in [4.69, 9.17) is 4.42 Å². The van der Waals surface area contributed by atoms with Gasteiger partial charge in [0.05, 0.1) is 6.26 Å². The molecule has 0 radical (unpaired) electrons. The van der Waals surface area contributed by atoms with Crippen molar-refractivity contribution < 1.29 is 4.42 Å². The van der Waals surface area contributed by atoms with Crippen LogP contribution < -0.4 is 16.0 Å². The number of nitrogens with zero attached hydrogens (tertiary/aromatic N) is 5. The van der Waals surface area contributed by atoms with Gasteiger partial charge in [0, 0.05) is 25.7 Å². The molecule has 0 fully saturated rings. The molecule has 160 valence electrons. The van der Waals surface area contributed by atoms with Crippen molar-refractivity contribution >= 4 is 23.7 Å². The van der Waals surface area contributed by atoms with Crippen molar-refractivity contribution in [3.63, 3.8) is 0 Å². The van der Waals surface area contributed by atoms with Gasteiger partial charge in [0.15, 0.2) is 11.6 Å². The van der Waals surface area contributed by atoms with E-state index in [0.29, 0.717) is 42.5 Å². The number of hydrogen-bond acceptors (Lipinski definition) is 9. The summed E-state index contributed by atoms with van der Waals surface area (Å²) in [6.07, 6.45) is 1.62. The third kappa shape index (κ3) is 5.80. The Kier molecular flexibility index (Phi) is 6.38. The van der Waals surface area contributed by atoms with Crippen LogP contribution in [0.5, 0.6) is 0 Å². The summed E-state index contributed by atoms with van der Waals surface area (Å²) in [4.78, 5) is 15.5. The fourth-order valence-electron chi connectivity index (χ4n) is 2.82. The number of nitrogens with one attached hydrogen (secondary N) is 4. The van der Waals surface area contributed by atoms with Gasteiger partial charge >= 0.3 is 0 Å². The van der Waals surface area contributed by atoms with E-state index in [1.54, 1.807) is 6.26 Å². The van der Waals surface area contributed by atoms with Crippen LogP contribution in [0.3, 0.4) is 0 Å². The minimum atomic E-state index is 0.385. The molecule has 3 aromatic heterocycles. The van der Waals surface area contributed by atoms with Gasteiger partial charge in [0.2, 0.25) is 17.8 Å². The monoisotopic (exact) mass is 419 g/mol. The first-order chi connectivity index (χ1) is 15.2. The Morgan fingerprint density at radius 2 is 1.71 bits per heavy atom. The van der Waals surface area contributed by atoms with Crippen molar-refractivity contribution in [3.05, 3.63) is 60.4 Å². The average Bonchev–Trinajstić information content (AvgIpc) is 3.45. The molecule has 0 amide bonds. The molecule has 0 bridgehead atoms. The molecule has 0 aliphatic heterocycles. The van der Waals surface area contributed by atoms with Crippen LogP contribution in [0.4, 0.5) is 23.7 Å². The van der Waals surface area contributed by atoms with Crippen LogP contribution in [0, 0.1) is 0 Å².